The average molecular weight is 288 g/mol. The molecule has 0 fully saturated rings. The molecular weight excluding hydrogens is 276 g/mol. The predicted molar refractivity (Wildman–Crippen MR) is 81.9 cm³/mol. The van der Waals surface area contributed by atoms with Gasteiger partial charge in [0.15, 0.2) is 11.6 Å². The van der Waals surface area contributed by atoms with E-state index in [0.29, 0.717) is 5.56 Å². The Hall–Kier alpha value is -1.52. The number of carbonyl (C=O) groups is 2. The van der Waals surface area contributed by atoms with Gasteiger partial charge in [0.25, 0.3) is 0 Å². The molecule has 0 unspecified atom stereocenters. The molecule has 0 amide bonds. The Kier molecular flexibility index (Phi) is 4.82. The summed E-state index contributed by atoms with van der Waals surface area (Å²) in [6.45, 7) is 1.76. The van der Waals surface area contributed by atoms with Crippen molar-refractivity contribution in [1.82, 2.24) is 0 Å². The van der Waals surface area contributed by atoms with Gasteiger partial charge in [0.1, 0.15) is 0 Å². The largest absolute Gasteiger partial charge is 0.289 e. The van der Waals surface area contributed by atoms with Gasteiger partial charge in [-0.15, -0.1) is 0 Å². The van der Waals surface area contributed by atoms with E-state index in [9.17, 15) is 9.59 Å². The number of ketones is 2. The Morgan fingerprint density at radius 1 is 1.05 bits per heavy atom. The van der Waals surface area contributed by atoms with E-state index in [1.165, 1.54) is 29.6 Å². The zero-order valence-corrected chi connectivity index (χ0v) is 12.0. The molecule has 96 valence electrons. The van der Waals surface area contributed by atoms with Crippen LogP contribution in [0, 0.1) is 0 Å². The molecule has 0 aromatic heterocycles. The summed E-state index contributed by atoms with van der Waals surface area (Å²) in [7, 11) is 0. The number of allylic oxidation sites excluding steroid dienone is 3. The van der Waals surface area contributed by atoms with Crippen LogP contribution in [0.25, 0.3) is 0 Å². The van der Waals surface area contributed by atoms with Crippen LogP contribution in [0.1, 0.15) is 17.3 Å². The first-order valence-corrected chi connectivity index (χ1v) is 7.49. The Balaban J connectivity index is 2.42. The fourth-order valence-corrected chi connectivity index (χ4v) is 3.47. The van der Waals surface area contributed by atoms with Crippen molar-refractivity contribution in [2.45, 2.75) is 6.92 Å². The van der Waals surface area contributed by atoms with Gasteiger partial charge in [-0.05, 0) is 23.8 Å². The third-order valence-corrected chi connectivity index (χ3v) is 4.57. The SMILES string of the molecule is CC=CC(=O)C(C(=O)c1ccccc1)=C1SC=CS1. The summed E-state index contributed by atoms with van der Waals surface area (Å²) in [6.07, 6.45) is 3.08. The molecule has 1 aliphatic rings. The lowest BCUT2D eigenvalue weighted by Gasteiger charge is -2.06. The molecule has 19 heavy (non-hydrogen) atoms. The van der Waals surface area contributed by atoms with Gasteiger partial charge in [0.2, 0.25) is 0 Å². The number of rotatable bonds is 4. The van der Waals surface area contributed by atoms with Gasteiger partial charge in [0.05, 0.1) is 9.81 Å². The van der Waals surface area contributed by atoms with Crippen LogP contribution in [0.5, 0.6) is 0 Å². The molecule has 0 saturated carbocycles. The van der Waals surface area contributed by atoms with Crippen molar-refractivity contribution in [2.75, 3.05) is 0 Å². The third kappa shape index (κ3) is 3.28. The summed E-state index contributed by atoms with van der Waals surface area (Å²) in [5.41, 5.74) is 0.792. The van der Waals surface area contributed by atoms with Gasteiger partial charge in [0, 0.05) is 5.56 Å². The molecule has 1 heterocycles. The number of hydrogen-bond donors (Lipinski definition) is 0. The van der Waals surface area contributed by atoms with E-state index < -0.39 is 0 Å². The molecule has 0 N–H and O–H groups in total. The van der Waals surface area contributed by atoms with Gasteiger partial charge < -0.3 is 0 Å². The van der Waals surface area contributed by atoms with Gasteiger partial charge >= 0.3 is 0 Å². The molecule has 1 aromatic carbocycles. The Bertz CT molecular complexity index is 573. The maximum atomic E-state index is 12.5. The van der Waals surface area contributed by atoms with Crippen LogP contribution in [0.4, 0.5) is 0 Å². The molecule has 0 radical (unpaired) electrons. The minimum Gasteiger partial charge on any atom is -0.289 e. The molecular formula is C15H12O2S2. The second-order valence-corrected chi connectivity index (χ2v) is 5.82. The Morgan fingerprint density at radius 3 is 2.26 bits per heavy atom. The minimum absolute atomic E-state index is 0.220. The first-order valence-electron chi connectivity index (χ1n) is 5.73. The molecule has 0 bridgehead atoms. The highest BCUT2D eigenvalue weighted by atomic mass is 32.2. The van der Waals surface area contributed by atoms with Crippen molar-refractivity contribution >= 4 is 35.1 Å². The monoisotopic (exact) mass is 288 g/mol. The summed E-state index contributed by atoms with van der Waals surface area (Å²) >= 11 is 2.83. The second kappa shape index (κ2) is 6.59. The smallest absolute Gasteiger partial charge is 0.198 e. The lowest BCUT2D eigenvalue weighted by Crippen LogP contribution is -2.12. The lowest BCUT2D eigenvalue weighted by atomic mass is 10.0. The van der Waals surface area contributed by atoms with E-state index >= 15 is 0 Å². The quantitative estimate of drug-likeness (QED) is 0.360. The van der Waals surface area contributed by atoms with E-state index in [0.717, 1.165) is 4.24 Å². The predicted octanol–water partition coefficient (Wildman–Crippen LogP) is 4.18. The van der Waals surface area contributed by atoms with Crippen LogP contribution in [0.2, 0.25) is 0 Å². The molecule has 1 aromatic rings. The number of benzene rings is 1. The molecule has 2 nitrogen and oxygen atoms in total. The van der Waals surface area contributed by atoms with Crippen LogP contribution in [0.3, 0.4) is 0 Å². The number of carbonyl (C=O) groups excluding carboxylic acids is 2. The van der Waals surface area contributed by atoms with Crippen molar-refractivity contribution in [3.05, 3.63) is 68.7 Å². The summed E-state index contributed by atoms with van der Waals surface area (Å²) < 4.78 is 0.747. The Morgan fingerprint density at radius 2 is 1.68 bits per heavy atom. The highest BCUT2D eigenvalue weighted by Gasteiger charge is 2.23. The zero-order chi connectivity index (χ0) is 13.7. The van der Waals surface area contributed by atoms with Gasteiger partial charge in [-0.2, -0.15) is 0 Å². The Labute approximate surface area is 120 Å². The van der Waals surface area contributed by atoms with Gasteiger partial charge in [-0.1, -0.05) is 59.9 Å². The first-order chi connectivity index (χ1) is 9.24. The van der Waals surface area contributed by atoms with E-state index in [2.05, 4.69) is 0 Å². The number of hydrogen-bond acceptors (Lipinski definition) is 4. The van der Waals surface area contributed by atoms with Crippen molar-refractivity contribution in [3.8, 4) is 0 Å². The van der Waals surface area contributed by atoms with E-state index in [-0.39, 0.29) is 17.1 Å². The second-order valence-electron chi connectivity index (χ2n) is 3.73. The van der Waals surface area contributed by atoms with Crippen LogP contribution in [-0.4, -0.2) is 11.6 Å². The summed E-state index contributed by atoms with van der Waals surface area (Å²) in [6, 6.07) is 8.89. The maximum Gasteiger partial charge on any atom is 0.198 e. The topological polar surface area (TPSA) is 34.1 Å². The highest BCUT2D eigenvalue weighted by molar-refractivity contribution is 8.27. The van der Waals surface area contributed by atoms with Crippen molar-refractivity contribution in [1.29, 1.82) is 0 Å². The molecule has 1 aliphatic heterocycles. The molecule has 2 rings (SSSR count). The summed E-state index contributed by atoms with van der Waals surface area (Å²) in [4.78, 5) is 24.6. The van der Waals surface area contributed by atoms with Crippen molar-refractivity contribution in [3.63, 3.8) is 0 Å². The lowest BCUT2D eigenvalue weighted by molar-refractivity contribution is -0.111. The summed E-state index contributed by atoms with van der Waals surface area (Å²) in [5, 5.41) is 3.75. The molecule has 0 atom stereocenters. The van der Waals surface area contributed by atoms with Crippen molar-refractivity contribution in [2.24, 2.45) is 0 Å². The average Bonchev–Trinajstić information content (AvgIpc) is 2.94. The summed E-state index contributed by atoms with van der Waals surface area (Å²) in [5.74, 6) is -0.461. The van der Waals surface area contributed by atoms with Gasteiger partial charge in [-0.3, -0.25) is 9.59 Å². The normalized spacial score (nSPS) is 14.1. The van der Waals surface area contributed by atoms with E-state index in [1.54, 1.807) is 37.3 Å². The fourth-order valence-electron chi connectivity index (χ4n) is 1.60. The first kappa shape index (κ1) is 13.9. The van der Waals surface area contributed by atoms with Crippen LogP contribution in [0.15, 0.2) is 63.1 Å². The fraction of sp³-hybridized carbons (Fsp3) is 0.0667. The molecule has 0 aliphatic carbocycles. The van der Waals surface area contributed by atoms with Crippen LogP contribution in [-0.2, 0) is 4.79 Å². The van der Waals surface area contributed by atoms with E-state index in [4.69, 9.17) is 0 Å². The molecule has 4 heteroatoms. The minimum atomic E-state index is -0.241. The zero-order valence-electron chi connectivity index (χ0n) is 10.3. The standard InChI is InChI=1S/C15H12O2S2/c1-2-6-12(16)13(15-18-9-10-19-15)14(17)11-7-4-3-5-8-11/h2-10H,1H3. The number of thioether (sulfide) groups is 2. The third-order valence-electron chi connectivity index (χ3n) is 2.44. The molecule has 0 saturated heterocycles. The van der Waals surface area contributed by atoms with Gasteiger partial charge in [-0.25, -0.2) is 0 Å². The maximum absolute atomic E-state index is 12.5. The highest BCUT2D eigenvalue weighted by Crippen LogP contribution is 2.40. The number of Topliss-reactive ketones (excluding diaryl/α,β-unsaturated/α-hetero) is 1. The van der Waals surface area contributed by atoms with E-state index in [1.807, 2.05) is 16.9 Å². The van der Waals surface area contributed by atoms with Crippen LogP contribution < -0.4 is 0 Å². The van der Waals surface area contributed by atoms with Crippen LogP contribution >= 0.6 is 23.5 Å². The van der Waals surface area contributed by atoms with Crippen molar-refractivity contribution < 1.29 is 9.59 Å². The molecule has 0 spiro atoms.